The molecule has 2 unspecified atom stereocenters. The first-order valence-corrected chi connectivity index (χ1v) is 6.60. The number of carbonyl (C=O) groups is 1. The Morgan fingerprint density at radius 3 is 2.80 bits per heavy atom. The van der Waals surface area contributed by atoms with E-state index in [1.165, 1.54) is 0 Å². The molecule has 106 valence electrons. The molecule has 2 atom stereocenters. The van der Waals surface area contributed by atoms with Crippen molar-refractivity contribution in [2.24, 2.45) is 11.0 Å². The van der Waals surface area contributed by atoms with Crippen molar-refractivity contribution in [3.63, 3.8) is 0 Å². The molecule has 20 heavy (non-hydrogen) atoms. The predicted molar refractivity (Wildman–Crippen MR) is 75.2 cm³/mol. The minimum Gasteiger partial charge on any atom is -0.497 e. The zero-order valence-corrected chi connectivity index (χ0v) is 11.7. The van der Waals surface area contributed by atoms with E-state index >= 15 is 0 Å². The van der Waals surface area contributed by atoms with E-state index < -0.39 is 0 Å². The van der Waals surface area contributed by atoms with Crippen molar-refractivity contribution in [1.29, 1.82) is 0 Å². The second kappa shape index (κ2) is 6.30. The lowest BCUT2D eigenvalue weighted by Gasteiger charge is -2.25. The fraction of sp³-hybridized carbons (Fsp3) is 0.500. The molecule has 6 heteroatoms. The number of nitrogens with zero attached hydrogens (tertiary/aromatic N) is 4. The predicted octanol–water partition coefficient (Wildman–Crippen LogP) is 2.92. The van der Waals surface area contributed by atoms with E-state index in [0.717, 1.165) is 11.3 Å². The first-order valence-electron chi connectivity index (χ1n) is 6.60. The number of carbonyl (C=O) groups excluding carboxylic acids is 1. The largest absolute Gasteiger partial charge is 0.497 e. The van der Waals surface area contributed by atoms with Crippen LogP contribution in [0.4, 0.5) is 0 Å². The molecule has 0 saturated carbocycles. The van der Waals surface area contributed by atoms with Gasteiger partial charge >= 0.3 is 0 Å². The van der Waals surface area contributed by atoms with Crippen molar-refractivity contribution in [2.45, 2.75) is 19.4 Å². The molecule has 1 fully saturated rings. The Balaban J connectivity index is 2.06. The van der Waals surface area contributed by atoms with E-state index in [-0.39, 0.29) is 17.9 Å². The van der Waals surface area contributed by atoms with Crippen LogP contribution >= 0.6 is 0 Å². The minimum absolute atomic E-state index is 0.0180. The van der Waals surface area contributed by atoms with Gasteiger partial charge in [0, 0.05) is 24.4 Å². The molecule has 0 spiro atoms. The van der Waals surface area contributed by atoms with E-state index in [4.69, 9.17) is 10.3 Å². The highest BCUT2D eigenvalue weighted by atomic mass is 16.5. The Kier molecular flexibility index (Phi) is 4.48. The zero-order chi connectivity index (χ0) is 14.5. The zero-order valence-electron chi connectivity index (χ0n) is 11.7. The lowest BCUT2D eigenvalue weighted by atomic mass is 10.1. The number of rotatable bonds is 5. The van der Waals surface area contributed by atoms with Crippen LogP contribution in [0.25, 0.3) is 10.4 Å². The Morgan fingerprint density at radius 1 is 1.50 bits per heavy atom. The van der Waals surface area contributed by atoms with Gasteiger partial charge in [0.25, 0.3) is 0 Å². The molecule has 1 aliphatic heterocycles. The first-order chi connectivity index (χ1) is 9.65. The van der Waals surface area contributed by atoms with Gasteiger partial charge in [0.15, 0.2) is 0 Å². The molecule has 6 nitrogen and oxygen atoms in total. The SMILES string of the molecule is COc1ccc(C(C)N2CC(CN=[N+]=[N-])CC2=O)cc1. The highest BCUT2D eigenvalue weighted by Crippen LogP contribution is 2.29. The van der Waals surface area contributed by atoms with Crippen LogP contribution < -0.4 is 4.74 Å². The Bertz CT molecular complexity index is 522. The van der Waals surface area contributed by atoms with Gasteiger partial charge in [-0.25, -0.2) is 0 Å². The quantitative estimate of drug-likeness (QED) is 0.470. The molecule has 1 aliphatic rings. The standard InChI is InChI=1S/C14H18N4O2/c1-10(12-3-5-13(20-2)6-4-12)18-9-11(7-14(18)19)8-16-17-15/h3-6,10-11H,7-9H2,1-2H3. The molecule has 0 radical (unpaired) electrons. The molecule has 1 aromatic rings. The van der Waals surface area contributed by atoms with E-state index in [0.29, 0.717) is 19.5 Å². The van der Waals surface area contributed by atoms with E-state index in [1.807, 2.05) is 36.1 Å². The molecule has 1 amide bonds. The van der Waals surface area contributed by atoms with Crippen LogP contribution in [0.2, 0.25) is 0 Å². The average molecular weight is 274 g/mol. The number of hydrogen-bond donors (Lipinski definition) is 0. The number of methoxy groups -OCH3 is 1. The van der Waals surface area contributed by atoms with Gasteiger partial charge < -0.3 is 9.64 Å². The van der Waals surface area contributed by atoms with Crippen LogP contribution in [0.1, 0.15) is 24.9 Å². The summed E-state index contributed by atoms with van der Waals surface area (Å²) in [6, 6.07) is 7.74. The highest BCUT2D eigenvalue weighted by molar-refractivity contribution is 5.79. The second-order valence-corrected chi connectivity index (χ2v) is 4.98. The van der Waals surface area contributed by atoms with Crippen LogP contribution in [0, 0.1) is 5.92 Å². The highest BCUT2D eigenvalue weighted by Gasteiger charge is 2.32. The summed E-state index contributed by atoms with van der Waals surface area (Å²) in [5, 5.41) is 3.56. The Hall–Kier alpha value is -2.20. The number of amides is 1. The van der Waals surface area contributed by atoms with Crippen molar-refractivity contribution in [1.82, 2.24) is 4.90 Å². The molecule has 1 heterocycles. The van der Waals surface area contributed by atoms with E-state index in [2.05, 4.69) is 10.0 Å². The fourth-order valence-electron chi connectivity index (χ4n) is 2.52. The molecule has 0 N–H and O–H groups in total. The minimum atomic E-state index is 0.0180. The van der Waals surface area contributed by atoms with E-state index in [1.54, 1.807) is 7.11 Å². The van der Waals surface area contributed by atoms with Gasteiger partial charge in [0.2, 0.25) is 5.91 Å². The van der Waals surface area contributed by atoms with Gasteiger partial charge in [-0.05, 0) is 36.1 Å². The average Bonchev–Trinajstić information content (AvgIpc) is 2.85. The maximum atomic E-state index is 12.1. The molecular weight excluding hydrogens is 256 g/mol. The summed E-state index contributed by atoms with van der Waals surface area (Å²) in [5.74, 6) is 1.04. The van der Waals surface area contributed by atoms with Gasteiger partial charge in [0.05, 0.1) is 13.2 Å². The second-order valence-electron chi connectivity index (χ2n) is 4.98. The van der Waals surface area contributed by atoms with Crippen LogP contribution in [0.3, 0.4) is 0 Å². The molecule has 2 rings (SSSR count). The summed E-state index contributed by atoms with van der Waals surface area (Å²) in [5.41, 5.74) is 9.42. The number of benzene rings is 1. The summed E-state index contributed by atoms with van der Waals surface area (Å²) >= 11 is 0. The van der Waals surface area contributed by atoms with E-state index in [9.17, 15) is 4.79 Å². The fourth-order valence-corrected chi connectivity index (χ4v) is 2.52. The molecule has 1 saturated heterocycles. The van der Waals surface area contributed by atoms with Gasteiger partial charge in [-0.2, -0.15) is 0 Å². The topological polar surface area (TPSA) is 78.3 Å². The Morgan fingerprint density at radius 2 is 2.20 bits per heavy atom. The smallest absolute Gasteiger partial charge is 0.223 e. The lowest BCUT2D eigenvalue weighted by Crippen LogP contribution is -2.28. The lowest BCUT2D eigenvalue weighted by molar-refractivity contribution is -0.129. The summed E-state index contributed by atoms with van der Waals surface area (Å²) in [4.78, 5) is 16.7. The van der Waals surface area contributed by atoms with Crippen LogP contribution in [-0.4, -0.2) is 31.0 Å². The number of hydrogen-bond acceptors (Lipinski definition) is 3. The van der Waals surface area contributed by atoms with Gasteiger partial charge in [-0.15, -0.1) is 0 Å². The Labute approximate surface area is 118 Å². The number of azide groups is 1. The van der Waals surface area contributed by atoms with Crippen LogP contribution in [-0.2, 0) is 4.79 Å². The molecule has 1 aromatic carbocycles. The normalized spacial score (nSPS) is 19.6. The van der Waals surface area contributed by atoms with Crippen molar-refractivity contribution in [3.8, 4) is 5.75 Å². The third-order valence-corrected chi connectivity index (χ3v) is 3.71. The molecule has 0 aromatic heterocycles. The molecule has 0 bridgehead atoms. The molecule has 0 aliphatic carbocycles. The third-order valence-electron chi connectivity index (χ3n) is 3.71. The first kappa shape index (κ1) is 14.2. The molecular formula is C14H18N4O2. The van der Waals surface area contributed by atoms with Crippen molar-refractivity contribution < 1.29 is 9.53 Å². The number of ether oxygens (including phenoxy) is 1. The monoisotopic (exact) mass is 274 g/mol. The van der Waals surface area contributed by atoms with Crippen molar-refractivity contribution >= 4 is 5.91 Å². The summed E-state index contributed by atoms with van der Waals surface area (Å²) in [6.45, 7) is 3.04. The maximum absolute atomic E-state index is 12.1. The van der Waals surface area contributed by atoms with Gasteiger partial charge in [0.1, 0.15) is 5.75 Å². The van der Waals surface area contributed by atoms with Crippen LogP contribution in [0.15, 0.2) is 29.4 Å². The van der Waals surface area contributed by atoms with Gasteiger partial charge in [-0.3, -0.25) is 4.79 Å². The third kappa shape index (κ3) is 3.03. The van der Waals surface area contributed by atoms with Crippen molar-refractivity contribution in [2.75, 3.05) is 20.2 Å². The van der Waals surface area contributed by atoms with Crippen molar-refractivity contribution in [3.05, 3.63) is 40.3 Å². The summed E-state index contributed by atoms with van der Waals surface area (Å²) < 4.78 is 5.13. The van der Waals surface area contributed by atoms with Crippen LogP contribution in [0.5, 0.6) is 5.75 Å². The summed E-state index contributed by atoms with van der Waals surface area (Å²) in [7, 11) is 1.63. The maximum Gasteiger partial charge on any atom is 0.223 e. The van der Waals surface area contributed by atoms with Gasteiger partial charge in [-0.1, -0.05) is 17.2 Å². The summed E-state index contributed by atoms with van der Waals surface area (Å²) in [6.07, 6.45) is 0.458. The number of likely N-dealkylation sites (tertiary alicyclic amines) is 1.